The van der Waals surface area contributed by atoms with E-state index in [1.807, 2.05) is 6.92 Å². The van der Waals surface area contributed by atoms with E-state index >= 15 is 0 Å². The fraction of sp³-hybridized carbons (Fsp3) is 0.200. The van der Waals surface area contributed by atoms with E-state index in [9.17, 15) is 4.79 Å². The Morgan fingerprint density at radius 3 is 3.00 bits per heavy atom. The Bertz CT molecular complexity index is 488. The Morgan fingerprint density at radius 1 is 1.57 bits per heavy atom. The molecule has 4 heteroatoms. The monoisotopic (exact) mass is 190 g/mol. The van der Waals surface area contributed by atoms with E-state index in [0.29, 0.717) is 5.56 Å². The van der Waals surface area contributed by atoms with Crippen molar-refractivity contribution in [1.29, 1.82) is 0 Å². The molecule has 0 fully saturated rings. The van der Waals surface area contributed by atoms with E-state index in [1.54, 1.807) is 29.1 Å². The predicted octanol–water partition coefficient (Wildman–Crippen LogP) is 1.75. The van der Waals surface area contributed by atoms with E-state index in [1.165, 1.54) is 0 Å². The van der Waals surface area contributed by atoms with Crippen molar-refractivity contribution in [2.24, 2.45) is 0 Å². The van der Waals surface area contributed by atoms with E-state index < -0.39 is 5.97 Å². The molecule has 0 amide bonds. The number of aromatic nitrogens is 2. The molecule has 0 bridgehead atoms. The van der Waals surface area contributed by atoms with E-state index in [4.69, 9.17) is 5.11 Å². The Hall–Kier alpha value is -1.84. The third-order valence-electron chi connectivity index (χ3n) is 2.19. The third kappa shape index (κ3) is 1.25. The summed E-state index contributed by atoms with van der Waals surface area (Å²) in [5.41, 5.74) is 1.17. The van der Waals surface area contributed by atoms with Crippen molar-refractivity contribution >= 4 is 16.9 Å². The van der Waals surface area contributed by atoms with Gasteiger partial charge in [0.1, 0.15) is 0 Å². The molecule has 14 heavy (non-hydrogen) atoms. The molecule has 0 radical (unpaired) electrons. The van der Waals surface area contributed by atoms with Gasteiger partial charge in [-0.2, -0.15) is 5.10 Å². The number of fused-ring (bicyclic) bond motifs is 1. The molecule has 0 saturated heterocycles. The molecule has 1 aromatic heterocycles. The van der Waals surface area contributed by atoms with Gasteiger partial charge in [0.2, 0.25) is 0 Å². The molecule has 2 aromatic rings. The summed E-state index contributed by atoms with van der Waals surface area (Å²) in [6.07, 6.45) is 1.74. The van der Waals surface area contributed by atoms with Crippen LogP contribution in [0.25, 0.3) is 10.9 Å². The van der Waals surface area contributed by atoms with Gasteiger partial charge in [-0.25, -0.2) is 4.79 Å². The van der Waals surface area contributed by atoms with Crippen molar-refractivity contribution in [2.45, 2.75) is 13.5 Å². The van der Waals surface area contributed by atoms with Crippen LogP contribution in [-0.4, -0.2) is 20.9 Å². The lowest BCUT2D eigenvalue weighted by Crippen LogP contribution is -1.99. The summed E-state index contributed by atoms with van der Waals surface area (Å²) in [6.45, 7) is 2.71. The number of nitrogens with zero attached hydrogens (tertiary/aromatic N) is 2. The zero-order valence-corrected chi connectivity index (χ0v) is 7.77. The quantitative estimate of drug-likeness (QED) is 0.784. The topological polar surface area (TPSA) is 55.1 Å². The molecule has 1 N–H and O–H groups in total. The van der Waals surface area contributed by atoms with Crippen molar-refractivity contribution in [1.82, 2.24) is 9.78 Å². The highest BCUT2D eigenvalue weighted by molar-refractivity contribution is 5.93. The number of carboxylic acid groups (broad SMARTS) is 1. The number of rotatable bonds is 2. The van der Waals surface area contributed by atoms with Crippen molar-refractivity contribution < 1.29 is 9.90 Å². The molecule has 0 spiro atoms. The van der Waals surface area contributed by atoms with Crippen molar-refractivity contribution in [3.63, 3.8) is 0 Å². The number of aromatic carboxylic acids is 1. The molecule has 1 heterocycles. The molecule has 0 unspecified atom stereocenters. The minimum Gasteiger partial charge on any atom is -0.478 e. The van der Waals surface area contributed by atoms with Gasteiger partial charge in [0, 0.05) is 11.9 Å². The maximum atomic E-state index is 10.7. The maximum Gasteiger partial charge on any atom is 0.335 e. The standard InChI is InChI=1S/C10H10N2O2/c1-2-12-9-5-7(10(13)14)3-4-8(9)6-11-12/h3-6H,2H2,1H3,(H,13,14). The van der Waals surface area contributed by atoms with Crippen molar-refractivity contribution in [2.75, 3.05) is 0 Å². The lowest BCUT2D eigenvalue weighted by Gasteiger charge is -1.99. The van der Waals surface area contributed by atoms with Crippen LogP contribution in [0.5, 0.6) is 0 Å². The van der Waals surface area contributed by atoms with Crippen LogP contribution in [-0.2, 0) is 6.54 Å². The molecule has 1 aromatic carbocycles. The van der Waals surface area contributed by atoms with E-state index in [2.05, 4.69) is 5.10 Å². The molecule has 0 aliphatic heterocycles. The minimum absolute atomic E-state index is 0.299. The van der Waals surface area contributed by atoms with Crippen LogP contribution in [0.4, 0.5) is 0 Å². The largest absolute Gasteiger partial charge is 0.478 e. The van der Waals surface area contributed by atoms with Gasteiger partial charge in [-0.3, -0.25) is 4.68 Å². The number of carbonyl (C=O) groups is 1. The molecule has 2 rings (SSSR count). The average molecular weight is 190 g/mol. The average Bonchev–Trinajstić information content (AvgIpc) is 2.59. The lowest BCUT2D eigenvalue weighted by atomic mass is 10.2. The number of hydrogen-bond acceptors (Lipinski definition) is 2. The summed E-state index contributed by atoms with van der Waals surface area (Å²) in [7, 11) is 0. The van der Waals surface area contributed by atoms with Gasteiger partial charge in [-0.05, 0) is 19.1 Å². The maximum absolute atomic E-state index is 10.7. The van der Waals surface area contributed by atoms with Crippen LogP contribution in [0, 0.1) is 0 Å². The first kappa shape index (κ1) is 8.74. The highest BCUT2D eigenvalue weighted by Crippen LogP contribution is 2.15. The van der Waals surface area contributed by atoms with Gasteiger partial charge < -0.3 is 5.11 Å². The van der Waals surface area contributed by atoms with Gasteiger partial charge in [0.25, 0.3) is 0 Å². The smallest absolute Gasteiger partial charge is 0.335 e. The Balaban J connectivity index is 2.67. The second-order valence-electron chi connectivity index (χ2n) is 3.04. The zero-order valence-electron chi connectivity index (χ0n) is 7.77. The Morgan fingerprint density at radius 2 is 2.36 bits per heavy atom. The molecule has 0 aliphatic carbocycles. The number of benzene rings is 1. The fourth-order valence-corrected chi connectivity index (χ4v) is 1.46. The molecular formula is C10H10N2O2. The summed E-state index contributed by atoms with van der Waals surface area (Å²) in [5.74, 6) is -0.907. The second kappa shape index (κ2) is 3.14. The predicted molar refractivity (Wildman–Crippen MR) is 52.4 cm³/mol. The number of aryl methyl sites for hydroxylation is 1. The van der Waals surface area contributed by atoms with Crippen LogP contribution < -0.4 is 0 Å². The van der Waals surface area contributed by atoms with Crippen LogP contribution in [0.3, 0.4) is 0 Å². The van der Waals surface area contributed by atoms with E-state index in [-0.39, 0.29) is 0 Å². The van der Waals surface area contributed by atoms with Gasteiger partial charge in [-0.1, -0.05) is 6.07 Å². The summed E-state index contributed by atoms with van der Waals surface area (Å²) < 4.78 is 1.78. The highest BCUT2D eigenvalue weighted by Gasteiger charge is 2.06. The molecule has 0 saturated carbocycles. The second-order valence-corrected chi connectivity index (χ2v) is 3.04. The van der Waals surface area contributed by atoms with Gasteiger partial charge in [-0.15, -0.1) is 0 Å². The van der Waals surface area contributed by atoms with Crippen LogP contribution >= 0.6 is 0 Å². The number of carboxylic acids is 1. The van der Waals surface area contributed by atoms with Crippen molar-refractivity contribution in [3.8, 4) is 0 Å². The van der Waals surface area contributed by atoms with Gasteiger partial charge in [0.15, 0.2) is 0 Å². The molecule has 72 valence electrons. The summed E-state index contributed by atoms with van der Waals surface area (Å²) in [6, 6.07) is 5.01. The highest BCUT2D eigenvalue weighted by atomic mass is 16.4. The first-order chi connectivity index (χ1) is 6.72. The molecular weight excluding hydrogens is 180 g/mol. The molecule has 4 nitrogen and oxygen atoms in total. The van der Waals surface area contributed by atoms with Gasteiger partial charge >= 0.3 is 5.97 Å². The first-order valence-corrected chi connectivity index (χ1v) is 4.41. The minimum atomic E-state index is -0.907. The third-order valence-corrected chi connectivity index (χ3v) is 2.19. The van der Waals surface area contributed by atoms with Crippen LogP contribution in [0.2, 0.25) is 0 Å². The SMILES string of the molecule is CCn1ncc2ccc(C(=O)O)cc21. The first-order valence-electron chi connectivity index (χ1n) is 4.41. The van der Waals surface area contributed by atoms with Crippen LogP contribution in [0.15, 0.2) is 24.4 Å². The normalized spacial score (nSPS) is 10.6. The summed E-state index contributed by atoms with van der Waals surface area (Å²) in [5, 5.41) is 13.9. The summed E-state index contributed by atoms with van der Waals surface area (Å²) >= 11 is 0. The fourth-order valence-electron chi connectivity index (χ4n) is 1.46. The van der Waals surface area contributed by atoms with Crippen LogP contribution in [0.1, 0.15) is 17.3 Å². The van der Waals surface area contributed by atoms with E-state index in [0.717, 1.165) is 17.4 Å². The van der Waals surface area contributed by atoms with Crippen molar-refractivity contribution in [3.05, 3.63) is 30.0 Å². The summed E-state index contributed by atoms with van der Waals surface area (Å²) in [4.78, 5) is 10.7. The molecule has 0 atom stereocenters. The number of hydrogen-bond donors (Lipinski definition) is 1. The van der Waals surface area contributed by atoms with Gasteiger partial charge in [0.05, 0.1) is 17.3 Å². The Kier molecular flexibility index (Phi) is 1.96. The molecule has 0 aliphatic rings. The zero-order chi connectivity index (χ0) is 10.1. The lowest BCUT2D eigenvalue weighted by molar-refractivity contribution is 0.0697. The Labute approximate surface area is 80.8 Å².